The summed E-state index contributed by atoms with van der Waals surface area (Å²) >= 11 is 0. The zero-order valence-corrected chi connectivity index (χ0v) is 15.9. The van der Waals surface area contributed by atoms with E-state index in [-0.39, 0.29) is 17.9 Å². The molecule has 0 spiro atoms. The SMILES string of the molecule is O=C(C=Cc1ccccc1)C1=C(O)C(=O)N(Cc2ccco2)C1c1ccc(O)cc1. The van der Waals surface area contributed by atoms with E-state index in [1.807, 2.05) is 30.3 Å². The lowest BCUT2D eigenvalue weighted by molar-refractivity contribution is -0.130. The van der Waals surface area contributed by atoms with Crippen molar-refractivity contribution in [2.75, 3.05) is 0 Å². The second-order valence-corrected chi connectivity index (χ2v) is 6.88. The van der Waals surface area contributed by atoms with Crippen LogP contribution in [0.3, 0.4) is 0 Å². The number of amides is 1. The summed E-state index contributed by atoms with van der Waals surface area (Å²) in [5.74, 6) is -1.12. The lowest BCUT2D eigenvalue weighted by Gasteiger charge is -2.25. The van der Waals surface area contributed by atoms with Crippen LogP contribution >= 0.6 is 0 Å². The van der Waals surface area contributed by atoms with Crippen LogP contribution in [0.2, 0.25) is 0 Å². The highest BCUT2D eigenvalue weighted by Crippen LogP contribution is 2.39. The van der Waals surface area contributed by atoms with Crippen LogP contribution in [0, 0.1) is 0 Å². The highest BCUT2D eigenvalue weighted by atomic mass is 16.3. The third kappa shape index (κ3) is 3.75. The van der Waals surface area contributed by atoms with Gasteiger partial charge >= 0.3 is 0 Å². The lowest BCUT2D eigenvalue weighted by Crippen LogP contribution is -2.30. The molecule has 0 saturated carbocycles. The van der Waals surface area contributed by atoms with Crippen LogP contribution in [0.15, 0.2) is 94.8 Å². The van der Waals surface area contributed by atoms with Crippen molar-refractivity contribution in [1.29, 1.82) is 0 Å². The van der Waals surface area contributed by atoms with Gasteiger partial charge in [-0.3, -0.25) is 9.59 Å². The Balaban J connectivity index is 1.72. The van der Waals surface area contributed by atoms with Crippen molar-refractivity contribution in [1.82, 2.24) is 4.90 Å². The van der Waals surface area contributed by atoms with Crippen molar-refractivity contribution >= 4 is 17.8 Å². The molecule has 150 valence electrons. The first-order valence-electron chi connectivity index (χ1n) is 9.37. The largest absolute Gasteiger partial charge is 0.508 e. The molecule has 6 heteroatoms. The molecule has 0 saturated heterocycles. The van der Waals surface area contributed by atoms with Crippen LogP contribution in [0.5, 0.6) is 5.75 Å². The second kappa shape index (κ2) is 8.13. The number of aliphatic hydroxyl groups excluding tert-OH is 1. The Labute approximate surface area is 173 Å². The Bertz CT molecular complexity index is 1110. The van der Waals surface area contributed by atoms with Gasteiger partial charge < -0.3 is 19.5 Å². The van der Waals surface area contributed by atoms with Crippen LogP contribution in [0.4, 0.5) is 0 Å². The van der Waals surface area contributed by atoms with Gasteiger partial charge in [-0.1, -0.05) is 48.5 Å². The van der Waals surface area contributed by atoms with Gasteiger partial charge in [0.05, 0.1) is 24.4 Å². The minimum Gasteiger partial charge on any atom is -0.508 e. The summed E-state index contributed by atoms with van der Waals surface area (Å²) in [7, 11) is 0. The maximum atomic E-state index is 13.0. The molecule has 1 unspecified atom stereocenters. The third-order valence-corrected chi connectivity index (χ3v) is 4.91. The molecule has 1 atom stereocenters. The van der Waals surface area contributed by atoms with E-state index < -0.39 is 23.5 Å². The molecule has 30 heavy (non-hydrogen) atoms. The van der Waals surface area contributed by atoms with Crippen molar-refractivity contribution in [2.45, 2.75) is 12.6 Å². The van der Waals surface area contributed by atoms with Crippen LogP contribution in [0.1, 0.15) is 22.9 Å². The average molecular weight is 401 g/mol. The summed E-state index contributed by atoms with van der Waals surface area (Å²) in [6.07, 6.45) is 4.47. The second-order valence-electron chi connectivity index (χ2n) is 6.88. The van der Waals surface area contributed by atoms with Crippen molar-refractivity contribution in [2.24, 2.45) is 0 Å². The van der Waals surface area contributed by atoms with E-state index in [1.165, 1.54) is 29.4 Å². The average Bonchev–Trinajstić information content (AvgIpc) is 3.36. The maximum absolute atomic E-state index is 13.0. The van der Waals surface area contributed by atoms with Crippen LogP contribution in [0.25, 0.3) is 6.08 Å². The molecule has 2 N–H and O–H groups in total. The molecule has 4 rings (SSSR count). The standard InChI is InChI=1S/C24H19NO5/c26-18-11-9-17(10-12-18)22-21(20(27)13-8-16-5-2-1-3-6-16)23(28)24(29)25(22)15-19-7-4-14-30-19/h1-14,22,26,28H,15H2. The minimum atomic E-state index is -0.809. The van der Waals surface area contributed by atoms with E-state index in [2.05, 4.69) is 0 Å². The predicted molar refractivity (Wildman–Crippen MR) is 110 cm³/mol. The van der Waals surface area contributed by atoms with Crippen molar-refractivity contribution in [3.8, 4) is 5.75 Å². The van der Waals surface area contributed by atoms with Gasteiger partial charge in [0, 0.05) is 0 Å². The van der Waals surface area contributed by atoms with Crippen molar-refractivity contribution in [3.63, 3.8) is 0 Å². The normalized spacial score (nSPS) is 16.6. The number of allylic oxidation sites excluding steroid dienone is 1. The van der Waals surface area contributed by atoms with E-state index in [4.69, 9.17) is 4.42 Å². The van der Waals surface area contributed by atoms with Gasteiger partial charge in [-0.25, -0.2) is 0 Å². The molecule has 0 aliphatic carbocycles. The van der Waals surface area contributed by atoms with E-state index in [0.717, 1.165) is 5.56 Å². The van der Waals surface area contributed by atoms with E-state index >= 15 is 0 Å². The molecular formula is C24H19NO5. The number of phenolic OH excluding ortho intramolecular Hbond substituents is 1. The summed E-state index contributed by atoms with van der Waals surface area (Å²) in [6, 6.07) is 18.1. The Morgan fingerprint density at radius 2 is 1.73 bits per heavy atom. The number of aliphatic hydroxyl groups is 1. The number of hydrogen-bond acceptors (Lipinski definition) is 5. The van der Waals surface area contributed by atoms with E-state index in [0.29, 0.717) is 11.3 Å². The lowest BCUT2D eigenvalue weighted by atomic mass is 9.95. The van der Waals surface area contributed by atoms with Crippen LogP contribution in [-0.4, -0.2) is 26.8 Å². The molecule has 3 aromatic rings. The number of rotatable bonds is 6. The molecule has 1 aromatic heterocycles. The van der Waals surface area contributed by atoms with Gasteiger partial charge in [0.1, 0.15) is 11.5 Å². The minimum absolute atomic E-state index is 0.00979. The highest BCUT2D eigenvalue weighted by Gasteiger charge is 2.43. The van der Waals surface area contributed by atoms with Crippen molar-refractivity contribution in [3.05, 3.63) is 107 Å². The fourth-order valence-corrected chi connectivity index (χ4v) is 3.47. The molecule has 2 heterocycles. The number of phenols is 1. The van der Waals surface area contributed by atoms with E-state index in [9.17, 15) is 19.8 Å². The molecule has 0 bridgehead atoms. The number of aromatic hydroxyl groups is 1. The first-order chi connectivity index (χ1) is 14.5. The van der Waals surface area contributed by atoms with Gasteiger partial charge in [0.2, 0.25) is 0 Å². The number of hydrogen-bond donors (Lipinski definition) is 2. The zero-order chi connectivity index (χ0) is 21.1. The number of carbonyl (C=O) groups excluding carboxylic acids is 2. The Morgan fingerprint density at radius 1 is 1.00 bits per heavy atom. The quantitative estimate of drug-likeness (QED) is 0.605. The topological polar surface area (TPSA) is 91.0 Å². The van der Waals surface area contributed by atoms with Gasteiger partial charge in [0.15, 0.2) is 11.5 Å². The summed E-state index contributed by atoms with van der Waals surface area (Å²) in [5.41, 5.74) is 1.40. The number of ketones is 1. The highest BCUT2D eigenvalue weighted by molar-refractivity contribution is 6.14. The molecule has 6 nitrogen and oxygen atoms in total. The summed E-state index contributed by atoms with van der Waals surface area (Å²) in [4.78, 5) is 27.2. The van der Waals surface area contributed by atoms with Gasteiger partial charge in [-0.05, 0) is 41.5 Å². The number of furan rings is 1. The van der Waals surface area contributed by atoms with E-state index in [1.54, 1.807) is 30.3 Å². The molecule has 1 aliphatic rings. The predicted octanol–water partition coefficient (Wildman–Crippen LogP) is 4.16. The van der Waals surface area contributed by atoms with Crippen LogP contribution < -0.4 is 0 Å². The monoisotopic (exact) mass is 401 g/mol. The third-order valence-electron chi connectivity index (χ3n) is 4.91. The van der Waals surface area contributed by atoms with Crippen LogP contribution in [-0.2, 0) is 16.1 Å². The van der Waals surface area contributed by atoms with Gasteiger partial charge in [-0.15, -0.1) is 0 Å². The zero-order valence-electron chi connectivity index (χ0n) is 15.9. The first-order valence-corrected chi connectivity index (χ1v) is 9.37. The molecule has 1 amide bonds. The maximum Gasteiger partial charge on any atom is 0.290 e. The Hall–Kier alpha value is -4.06. The first kappa shape index (κ1) is 19.3. The molecule has 1 aliphatic heterocycles. The number of nitrogens with zero attached hydrogens (tertiary/aromatic N) is 1. The molecule has 0 radical (unpaired) electrons. The van der Waals surface area contributed by atoms with Gasteiger partial charge in [0.25, 0.3) is 5.91 Å². The van der Waals surface area contributed by atoms with Crippen molar-refractivity contribution < 1.29 is 24.2 Å². The summed E-state index contributed by atoms with van der Waals surface area (Å²) in [6.45, 7) is 0.0839. The Morgan fingerprint density at radius 3 is 2.40 bits per heavy atom. The smallest absolute Gasteiger partial charge is 0.290 e. The number of benzene rings is 2. The molecular weight excluding hydrogens is 382 g/mol. The summed E-state index contributed by atoms with van der Waals surface area (Å²) < 4.78 is 5.35. The number of carbonyl (C=O) groups is 2. The fourth-order valence-electron chi connectivity index (χ4n) is 3.47. The Kier molecular flexibility index (Phi) is 5.22. The fraction of sp³-hybridized carbons (Fsp3) is 0.0833. The summed E-state index contributed by atoms with van der Waals surface area (Å²) in [5, 5.41) is 20.2. The molecule has 0 fully saturated rings. The molecule has 2 aromatic carbocycles. The van der Waals surface area contributed by atoms with Gasteiger partial charge in [-0.2, -0.15) is 0 Å².